The molecule has 0 bridgehead atoms. The van der Waals surface area contributed by atoms with Crippen LogP contribution in [-0.2, 0) is 0 Å². The highest BCUT2D eigenvalue weighted by Gasteiger charge is 2.14. The summed E-state index contributed by atoms with van der Waals surface area (Å²) in [5, 5.41) is 6.67. The van der Waals surface area contributed by atoms with Gasteiger partial charge < -0.3 is 8.83 Å². The first kappa shape index (κ1) is 16.1. The van der Waals surface area contributed by atoms with Crippen LogP contribution in [0.1, 0.15) is 43.6 Å². The first-order valence-corrected chi connectivity index (χ1v) is 9.56. The normalized spacial score (nSPS) is 16.9. The minimum Gasteiger partial charge on any atom is -0.463 e. The molecule has 0 radical (unpaired) electrons. The van der Waals surface area contributed by atoms with Crippen LogP contribution in [0.15, 0.2) is 54.8 Å². The fourth-order valence-electron chi connectivity index (χ4n) is 3.10. The van der Waals surface area contributed by atoms with E-state index < -0.39 is 0 Å². The van der Waals surface area contributed by atoms with Crippen molar-refractivity contribution < 1.29 is 8.83 Å². The smallest absolute Gasteiger partial charge is 0.206 e. The third kappa shape index (κ3) is 3.69. The maximum atomic E-state index is 5.59. The predicted molar refractivity (Wildman–Crippen MR) is 98.9 cm³/mol. The van der Waals surface area contributed by atoms with Crippen molar-refractivity contribution in [2.75, 3.05) is 0 Å². The van der Waals surface area contributed by atoms with Crippen LogP contribution in [0.5, 0.6) is 0 Å². The van der Waals surface area contributed by atoms with E-state index in [0.29, 0.717) is 6.04 Å². The number of aryl methyl sites for hydroxylation is 1. The zero-order chi connectivity index (χ0) is 17.1. The summed E-state index contributed by atoms with van der Waals surface area (Å²) in [5.41, 5.74) is 0.907. The monoisotopic (exact) mass is 355 g/mol. The lowest BCUT2D eigenvalue weighted by atomic mass is 9.96. The molecule has 3 aromatic rings. The Kier molecular flexibility index (Phi) is 4.70. The first-order valence-electron chi connectivity index (χ1n) is 8.68. The Morgan fingerprint density at radius 2 is 2.08 bits per heavy atom. The molecule has 0 aromatic carbocycles. The second-order valence-electron chi connectivity index (χ2n) is 6.31. The van der Waals surface area contributed by atoms with Gasteiger partial charge in [-0.3, -0.25) is 4.99 Å². The molecule has 0 amide bonds. The van der Waals surface area contributed by atoms with Crippen LogP contribution in [0.2, 0.25) is 0 Å². The second kappa shape index (κ2) is 7.27. The molecule has 0 atom stereocenters. The Balaban J connectivity index is 1.73. The number of rotatable bonds is 4. The zero-order valence-corrected chi connectivity index (χ0v) is 15.0. The molecule has 1 aliphatic carbocycles. The van der Waals surface area contributed by atoms with E-state index >= 15 is 0 Å². The van der Waals surface area contributed by atoms with E-state index in [2.05, 4.69) is 5.10 Å². The molecule has 6 heteroatoms. The molecule has 5 nitrogen and oxygen atoms in total. The summed E-state index contributed by atoms with van der Waals surface area (Å²) in [6.45, 7) is 1.92. The first-order chi connectivity index (χ1) is 12.3. The molecule has 1 fully saturated rings. The third-order valence-electron chi connectivity index (χ3n) is 4.39. The SMILES string of the molecule is Cc1ccc(C=Nn2c(-c3ccco3)csc2=NC2CCCCC2)o1. The van der Waals surface area contributed by atoms with E-state index in [1.54, 1.807) is 23.8 Å². The molecular formula is C19H21N3O2S. The number of aromatic nitrogens is 1. The van der Waals surface area contributed by atoms with Gasteiger partial charge in [-0.2, -0.15) is 5.10 Å². The minimum absolute atomic E-state index is 0.393. The van der Waals surface area contributed by atoms with Crippen molar-refractivity contribution in [3.05, 3.63) is 52.2 Å². The summed E-state index contributed by atoms with van der Waals surface area (Å²) in [6.07, 6.45) is 9.58. The van der Waals surface area contributed by atoms with Gasteiger partial charge in [0.15, 0.2) is 5.76 Å². The summed E-state index contributed by atoms with van der Waals surface area (Å²) in [7, 11) is 0. The quantitative estimate of drug-likeness (QED) is 0.630. The van der Waals surface area contributed by atoms with E-state index in [1.165, 1.54) is 19.3 Å². The Labute approximate surface area is 150 Å². The number of hydrogen-bond acceptors (Lipinski definition) is 5. The van der Waals surface area contributed by atoms with Crippen molar-refractivity contribution >= 4 is 17.6 Å². The molecule has 3 aromatic heterocycles. The van der Waals surface area contributed by atoms with Crippen molar-refractivity contribution in [1.82, 2.24) is 4.68 Å². The molecular weight excluding hydrogens is 334 g/mol. The summed E-state index contributed by atoms with van der Waals surface area (Å²) in [4.78, 5) is 5.86. The predicted octanol–water partition coefficient (Wildman–Crippen LogP) is 4.83. The van der Waals surface area contributed by atoms with Gasteiger partial charge in [0, 0.05) is 5.38 Å². The highest BCUT2D eigenvalue weighted by Crippen LogP contribution is 2.23. The molecule has 0 saturated heterocycles. The van der Waals surface area contributed by atoms with Crippen molar-refractivity contribution in [1.29, 1.82) is 0 Å². The number of thiazole rings is 1. The van der Waals surface area contributed by atoms with Gasteiger partial charge >= 0.3 is 0 Å². The van der Waals surface area contributed by atoms with E-state index in [1.807, 2.05) is 41.2 Å². The summed E-state index contributed by atoms with van der Waals surface area (Å²) >= 11 is 1.60. The largest absolute Gasteiger partial charge is 0.463 e. The summed E-state index contributed by atoms with van der Waals surface area (Å²) in [6, 6.07) is 8.06. The molecule has 130 valence electrons. The lowest BCUT2D eigenvalue weighted by Gasteiger charge is -2.16. The van der Waals surface area contributed by atoms with Crippen LogP contribution < -0.4 is 4.80 Å². The molecule has 1 saturated carbocycles. The Hall–Kier alpha value is -2.34. The molecule has 0 aliphatic heterocycles. The van der Waals surface area contributed by atoms with Crippen LogP contribution in [0.25, 0.3) is 11.5 Å². The van der Waals surface area contributed by atoms with Gasteiger partial charge in [-0.05, 0) is 44.0 Å². The molecule has 0 spiro atoms. The maximum absolute atomic E-state index is 5.59. The molecule has 4 rings (SSSR count). The number of nitrogens with zero attached hydrogens (tertiary/aromatic N) is 3. The van der Waals surface area contributed by atoms with Gasteiger partial charge in [0.2, 0.25) is 4.80 Å². The molecule has 0 N–H and O–H groups in total. The van der Waals surface area contributed by atoms with Gasteiger partial charge in [0.1, 0.15) is 17.2 Å². The summed E-state index contributed by atoms with van der Waals surface area (Å²) < 4.78 is 13.0. The lowest BCUT2D eigenvalue weighted by molar-refractivity contribution is 0.435. The number of furan rings is 2. The van der Waals surface area contributed by atoms with Gasteiger partial charge in [-0.25, -0.2) is 4.68 Å². The summed E-state index contributed by atoms with van der Waals surface area (Å²) in [5.74, 6) is 2.38. The number of hydrogen-bond donors (Lipinski definition) is 0. The second-order valence-corrected chi connectivity index (χ2v) is 7.14. The highest BCUT2D eigenvalue weighted by molar-refractivity contribution is 7.07. The highest BCUT2D eigenvalue weighted by atomic mass is 32.1. The van der Waals surface area contributed by atoms with Crippen LogP contribution in [0, 0.1) is 6.92 Å². The minimum atomic E-state index is 0.393. The average Bonchev–Trinajstić information content (AvgIpc) is 3.35. The van der Waals surface area contributed by atoms with Crippen LogP contribution in [0.3, 0.4) is 0 Å². The molecule has 3 heterocycles. The van der Waals surface area contributed by atoms with Crippen molar-refractivity contribution in [3.63, 3.8) is 0 Å². The van der Waals surface area contributed by atoms with Crippen LogP contribution in [0.4, 0.5) is 0 Å². The molecule has 0 unspecified atom stereocenters. The average molecular weight is 355 g/mol. The standard InChI is InChI=1S/C19H21N3O2S/c1-14-9-10-16(24-14)12-20-22-17(18-8-5-11-23-18)13-25-19(22)21-15-6-3-2-4-7-15/h5,8-13,15H,2-4,6-7H2,1H3. The van der Waals surface area contributed by atoms with Gasteiger partial charge in [-0.1, -0.05) is 19.3 Å². The van der Waals surface area contributed by atoms with Crippen LogP contribution in [-0.4, -0.2) is 16.9 Å². The van der Waals surface area contributed by atoms with Gasteiger partial charge in [0.05, 0.1) is 18.5 Å². The van der Waals surface area contributed by atoms with Gasteiger partial charge in [-0.15, -0.1) is 11.3 Å². The van der Waals surface area contributed by atoms with Gasteiger partial charge in [0.25, 0.3) is 0 Å². The topological polar surface area (TPSA) is 55.9 Å². The van der Waals surface area contributed by atoms with E-state index in [4.69, 9.17) is 13.8 Å². The van der Waals surface area contributed by atoms with Crippen molar-refractivity contribution in [2.24, 2.45) is 10.1 Å². The fourth-order valence-corrected chi connectivity index (χ4v) is 3.99. The third-order valence-corrected chi connectivity index (χ3v) is 5.22. The Morgan fingerprint density at radius 3 is 2.80 bits per heavy atom. The fraction of sp³-hybridized carbons (Fsp3) is 0.368. The van der Waals surface area contributed by atoms with Crippen molar-refractivity contribution in [2.45, 2.75) is 45.1 Å². The lowest BCUT2D eigenvalue weighted by Crippen LogP contribution is -2.18. The Morgan fingerprint density at radius 1 is 1.20 bits per heavy atom. The van der Waals surface area contributed by atoms with Crippen LogP contribution >= 0.6 is 11.3 Å². The maximum Gasteiger partial charge on any atom is 0.206 e. The zero-order valence-electron chi connectivity index (χ0n) is 14.2. The van der Waals surface area contributed by atoms with E-state index in [-0.39, 0.29) is 0 Å². The van der Waals surface area contributed by atoms with Crippen molar-refractivity contribution in [3.8, 4) is 11.5 Å². The van der Waals surface area contributed by atoms with E-state index in [9.17, 15) is 0 Å². The van der Waals surface area contributed by atoms with E-state index in [0.717, 1.165) is 40.6 Å². The molecule has 25 heavy (non-hydrogen) atoms. The Bertz CT molecular complexity index is 909. The molecule has 1 aliphatic rings.